The Bertz CT molecular complexity index is 1210. The number of anilines is 1. The zero-order chi connectivity index (χ0) is 18.8. The number of ether oxygens (including phenoxy) is 1. The van der Waals surface area contributed by atoms with E-state index in [1.807, 2.05) is 0 Å². The van der Waals surface area contributed by atoms with Crippen LogP contribution in [0.1, 0.15) is 10.4 Å². The summed E-state index contributed by atoms with van der Waals surface area (Å²) < 4.78 is 21.0. The van der Waals surface area contributed by atoms with Gasteiger partial charge >= 0.3 is 0 Å². The van der Waals surface area contributed by atoms with Gasteiger partial charge in [-0.15, -0.1) is 10.2 Å². The average molecular weight is 382 g/mol. The van der Waals surface area contributed by atoms with Gasteiger partial charge in [0.15, 0.2) is 5.65 Å². The summed E-state index contributed by atoms with van der Waals surface area (Å²) >= 11 is 5.08. The highest BCUT2D eigenvalue weighted by Gasteiger charge is 2.16. The van der Waals surface area contributed by atoms with Gasteiger partial charge in [-0.25, -0.2) is 4.39 Å². The first-order valence-electron chi connectivity index (χ1n) is 7.70. The van der Waals surface area contributed by atoms with E-state index in [4.69, 9.17) is 17.0 Å². The molecule has 4 rings (SSSR count). The van der Waals surface area contributed by atoms with Gasteiger partial charge in [0.2, 0.25) is 0 Å². The Labute approximate surface area is 156 Å². The lowest BCUT2D eigenvalue weighted by Gasteiger charge is -2.10. The largest absolute Gasteiger partial charge is 0.454 e. The second-order valence-electron chi connectivity index (χ2n) is 5.48. The molecule has 0 aliphatic heterocycles. The minimum Gasteiger partial charge on any atom is -0.454 e. The maximum atomic E-state index is 13.3. The summed E-state index contributed by atoms with van der Waals surface area (Å²) in [6, 6.07) is 5.99. The summed E-state index contributed by atoms with van der Waals surface area (Å²) in [5, 5.41) is 10.5. The Morgan fingerprint density at radius 2 is 2.15 bits per heavy atom. The molecule has 0 unspecified atom stereocenters. The number of rotatable bonds is 4. The van der Waals surface area contributed by atoms with Gasteiger partial charge in [0.25, 0.3) is 5.91 Å². The Hall–Kier alpha value is -3.66. The summed E-state index contributed by atoms with van der Waals surface area (Å²) in [5.41, 5.74) is 0.560. The molecular formula is C17H11FN6O2S. The lowest BCUT2D eigenvalue weighted by atomic mass is 10.2. The van der Waals surface area contributed by atoms with Crippen LogP contribution in [-0.2, 0) is 0 Å². The van der Waals surface area contributed by atoms with Crippen molar-refractivity contribution < 1.29 is 13.9 Å². The van der Waals surface area contributed by atoms with Gasteiger partial charge in [0.05, 0.1) is 24.2 Å². The van der Waals surface area contributed by atoms with Crippen molar-refractivity contribution in [3.63, 3.8) is 0 Å². The van der Waals surface area contributed by atoms with Crippen molar-refractivity contribution in [2.45, 2.75) is 0 Å². The van der Waals surface area contributed by atoms with Crippen LogP contribution >= 0.6 is 12.2 Å². The van der Waals surface area contributed by atoms with E-state index in [1.54, 1.807) is 24.5 Å². The summed E-state index contributed by atoms with van der Waals surface area (Å²) in [6.45, 7) is 0. The van der Waals surface area contributed by atoms with Crippen LogP contribution in [0.15, 0.2) is 55.4 Å². The zero-order valence-corrected chi connectivity index (χ0v) is 14.4. The number of pyridine rings is 3. The lowest BCUT2D eigenvalue weighted by molar-refractivity contribution is 0.102. The molecule has 0 atom stereocenters. The van der Waals surface area contributed by atoms with Crippen LogP contribution in [-0.4, -0.2) is 30.5 Å². The summed E-state index contributed by atoms with van der Waals surface area (Å²) in [7, 11) is 0. The maximum Gasteiger partial charge on any atom is 0.260 e. The van der Waals surface area contributed by atoms with Crippen molar-refractivity contribution in [2.24, 2.45) is 0 Å². The number of fused-ring (bicyclic) bond motifs is 1. The summed E-state index contributed by atoms with van der Waals surface area (Å²) in [6.07, 6.45) is 7.06. The molecule has 4 aromatic rings. The number of nitrogens with zero attached hydrogens (tertiary/aromatic N) is 4. The van der Waals surface area contributed by atoms with Crippen LogP contribution in [0.2, 0.25) is 0 Å². The molecule has 0 aliphatic rings. The first kappa shape index (κ1) is 16.8. The fourth-order valence-corrected chi connectivity index (χ4v) is 2.61. The lowest BCUT2D eigenvalue weighted by Crippen LogP contribution is -2.14. The van der Waals surface area contributed by atoms with Crippen molar-refractivity contribution in [3.05, 3.63) is 71.3 Å². The van der Waals surface area contributed by atoms with Gasteiger partial charge in [-0.2, -0.15) is 0 Å². The predicted molar refractivity (Wildman–Crippen MR) is 96.8 cm³/mol. The van der Waals surface area contributed by atoms with Crippen molar-refractivity contribution in [3.8, 4) is 11.5 Å². The van der Waals surface area contributed by atoms with Crippen LogP contribution in [0.25, 0.3) is 5.65 Å². The molecule has 0 fully saturated rings. The number of nitrogens with one attached hydrogen (secondary N) is 2. The maximum absolute atomic E-state index is 13.3. The normalized spacial score (nSPS) is 10.7. The monoisotopic (exact) mass is 382 g/mol. The van der Waals surface area contributed by atoms with Gasteiger partial charge in [-0.1, -0.05) is 12.2 Å². The number of halogens is 1. The highest BCUT2D eigenvalue weighted by molar-refractivity contribution is 7.71. The van der Waals surface area contributed by atoms with Gasteiger partial charge < -0.3 is 15.0 Å². The van der Waals surface area contributed by atoms with E-state index in [-0.39, 0.29) is 11.3 Å². The molecule has 0 saturated carbocycles. The third-order valence-electron chi connectivity index (χ3n) is 3.55. The van der Waals surface area contributed by atoms with Gasteiger partial charge in [0, 0.05) is 16.8 Å². The van der Waals surface area contributed by atoms with Crippen LogP contribution < -0.4 is 10.1 Å². The number of hydrogen-bond donors (Lipinski definition) is 2. The minimum absolute atomic E-state index is 0.195. The zero-order valence-electron chi connectivity index (χ0n) is 13.6. The van der Waals surface area contributed by atoms with E-state index in [1.165, 1.54) is 29.1 Å². The van der Waals surface area contributed by atoms with Crippen molar-refractivity contribution in [1.29, 1.82) is 0 Å². The number of carbonyl (C=O) groups excluding carboxylic acids is 1. The molecule has 2 N–H and O–H groups in total. The van der Waals surface area contributed by atoms with Crippen molar-refractivity contribution >= 4 is 29.6 Å². The summed E-state index contributed by atoms with van der Waals surface area (Å²) in [4.78, 5) is 19.3. The number of hydrogen-bond acceptors (Lipinski definition) is 6. The van der Waals surface area contributed by atoms with E-state index in [0.717, 1.165) is 6.20 Å². The number of aromatic amines is 1. The smallest absolute Gasteiger partial charge is 0.260 e. The Morgan fingerprint density at radius 1 is 1.26 bits per heavy atom. The fraction of sp³-hybridized carbons (Fsp3) is 0. The number of H-pyrrole nitrogens is 1. The second-order valence-corrected chi connectivity index (χ2v) is 5.96. The summed E-state index contributed by atoms with van der Waals surface area (Å²) in [5.74, 6) is -0.0459. The standard InChI is InChI=1S/C17H11FN6O2S/c18-10-3-11(7-19-6-10)26-12-4-14(16-23-21-9-24(16)8-12)17(25)22-15-5-13(27)1-2-20-15/h1-9H,(H2,20,22,25,27). The van der Waals surface area contributed by atoms with Gasteiger partial charge in [0.1, 0.15) is 29.5 Å². The van der Waals surface area contributed by atoms with Crippen molar-refractivity contribution in [1.82, 2.24) is 24.6 Å². The molecule has 134 valence electrons. The van der Waals surface area contributed by atoms with Crippen LogP contribution in [0, 0.1) is 10.3 Å². The van der Waals surface area contributed by atoms with Crippen LogP contribution in [0.3, 0.4) is 0 Å². The van der Waals surface area contributed by atoms with E-state index in [9.17, 15) is 9.18 Å². The van der Waals surface area contributed by atoms with E-state index >= 15 is 0 Å². The number of aromatic nitrogens is 5. The topological polar surface area (TPSA) is 97.2 Å². The quantitative estimate of drug-likeness (QED) is 0.525. The molecule has 8 nitrogen and oxygen atoms in total. The first-order chi connectivity index (χ1) is 13.1. The van der Waals surface area contributed by atoms with E-state index in [2.05, 4.69) is 25.5 Å². The van der Waals surface area contributed by atoms with Gasteiger partial charge in [-0.3, -0.25) is 14.2 Å². The van der Waals surface area contributed by atoms with Crippen LogP contribution in [0.4, 0.5) is 10.2 Å². The second kappa shape index (κ2) is 6.92. The molecule has 0 aromatic carbocycles. The molecule has 27 heavy (non-hydrogen) atoms. The average Bonchev–Trinajstić information content (AvgIpc) is 3.09. The fourth-order valence-electron chi connectivity index (χ4n) is 2.43. The highest BCUT2D eigenvalue weighted by Crippen LogP contribution is 2.24. The van der Waals surface area contributed by atoms with E-state index in [0.29, 0.717) is 21.7 Å². The number of carbonyl (C=O) groups is 1. The predicted octanol–water partition coefficient (Wildman–Crippen LogP) is 3.37. The third-order valence-corrected chi connectivity index (χ3v) is 3.80. The van der Waals surface area contributed by atoms with Crippen molar-refractivity contribution in [2.75, 3.05) is 5.32 Å². The molecule has 0 aliphatic carbocycles. The molecular weight excluding hydrogens is 371 g/mol. The molecule has 0 radical (unpaired) electrons. The van der Waals surface area contributed by atoms with Gasteiger partial charge in [-0.05, 0) is 18.2 Å². The minimum atomic E-state index is -0.532. The Morgan fingerprint density at radius 3 is 2.96 bits per heavy atom. The molecule has 10 heteroatoms. The molecule has 0 saturated heterocycles. The SMILES string of the molecule is O=C(Nc1cc(=S)cc[nH]1)c1cc(Oc2cncc(F)c2)cn2cnnc12. The van der Waals surface area contributed by atoms with E-state index < -0.39 is 11.7 Å². The molecule has 0 bridgehead atoms. The van der Waals surface area contributed by atoms with Crippen LogP contribution in [0.5, 0.6) is 11.5 Å². The first-order valence-corrected chi connectivity index (χ1v) is 8.11. The Balaban J connectivity index is 1.70. The number of amides is 1. The Kier molecular flexibility index (Phi) is 4.30. The third kappa shape index (κ3) is 3.65. The molecule has 4 heterocycles. The molecule has 0 spiro atoms. The highest BCUT2D eigenvalue weighted by atomic mass is 32.1. The molecule has 4 aromatic heterocycles. The molecule has 1 amide bonds.